The first-order valence-electron chi connectivity index (χ1n) is 8.59. The van der Waals surface area contributed by atoms with E-state index < -0.39 is 0 Å². The van der Waals surface area contributed by atoms with Crippen LogP contribution in [0.15, 0.2) is 28.7 Å². The molecule has 124 valence electrons. The Morgan fingerprint density at radius 3 is 1.96 bits per heavy atom. The molecule has 2 aromatic carbocycles. The molecule has 1 heteroatoms. The lowest BCUT2D eigenvalue weighted by molar-refractivity contribution is 0.602. The smallest absolute Gasteiger partial charge is 0.138 e. The molecule has 0 saturated heterocycles. The van der Waals surface area contributed by atoms with Gasteiger partial charge >= 0.3 is 0 Å². The zero-order chi connectivity index (χ0) is 17.6. The molecule has 0 N–H and O–H groups in total. The van der Waals surface area contributed by atoms with Gasteiger partial charge in [0.15, 0.2) is 0 Å². The first-order chi connectivity index (χ1) is 11.3. The van der Waals surface area contributed by atoms with Crippen molar-refractivity contribution in [2.24, 2.45) is 0 Å². The third-order valence-electron chi connectivity index (χ3n) is 4.94. The van der Waals surface area contributed by atoms with Crippen molar-refractivity contribution in [3.8, 4) is 11.1 Å². The van der Waals surface area contributed by atoms with Gasteiger partial charge < -0.3 is 4.42 Å². The normalized spacial score (nSPS) is 11.8. The molecule has 0 atom stereocenters. The van der Waals surface area contributed by atoms with Gasteiger partial charge in [0.05, 0.1) is 0 Å². The topological polar surface area (TPSA) is 13.1 Å². The summed E-state index contributed by atoms with van der Waals surface area (Å²) in [6.07, 6.45) is 4.14. The number of benzene rings is 2. The number of allylic oxidation sites excluding steroid dienone is 1. The summed E-state index contributed by atoms with van der Waals surface area (Å²) < 4.78 is 6.34. The standard InChI is InChI=1S/C23H26O/c1-8-9-19-22(20-15(4)10-13(2)11-16(20)5)21-17(6)12-14(3)18(7)23(21)24-19/h8-12H,1-7H3/b9-8+. The predicted molar refractivity (Wildman–Crippen MR) is 105 cm³/mol. The minimum Gasteiger partial charge on any atom is -0.456 e. The SMILES string of the molecule is C/C=C/c1oc2c(C)c(C)cc(C)c2c1-c1c(C)cc(C)cc1C. The average Bonchev–Trinajstić information content (AvgIpc) is 2.84. The molecule has 0 aliphatic rings. The summed E-state index contributed by atoms with van der Waals surface area (Å²) in [5, 5.41) is 1.25. The van der Waals surface area contributed by atoms with Crippen LogP contribution in [0.3, 0.4) is 0 Å². The zero-order valence-corrected chi connectivity index (χ0v) is 15.8. The Morgan fingerprint density at radius 2 is 1.38 bits per heavy atom. The van der Waals surface area contributed by atoms with Crippen LogP contribution in [-0.2, 0) is 0 Å². The molecule has 0 aliphatic carbocycles. The lowest BCUT2D eigenvalue weighted by Crippen LogP contribution is -1.92. The summed E-state index contributed by atoms with van der Waals surface area (Å²) in [5.41, 5.74) is 11.3. The molecule has 0 bridgehead atoms. The molecule has 24 heavy (non-hydrogen) atoms. The van der Waals surface area contributed by atoms with Gasteiger partial charge in [0.25, 0.3) is 0 Å². The molecule has 0 unspecified atom stereocenters. The molecule has 3 rings (SSSR count). The molecule has 0 radical (unpaired) electrons. The molecule has 0 saturated carbocycles. The first kappa shape index (κ1) is 16.6. The van der Waals surface area contributed by atoms with Crippen LogP contribution in [-0.4, -0.2) is 0 Å². The van der Waals surface area contributed by atoms with E-state index in [0.29, 0.717) is 0 Å². The van der Waals surface area contributed by atoms with E-state index >= 15 is 0 Å². The van der Waals surface area contributed by atoms with Gasteiger partial charge in [0.1, 0.15) is 11.3 Å². The average molecular weight is 318 g/mol. The van der Waals surface area contributed by atoms with Crippen molar-refractivity contribution in [3.63, 3.8) is 0 Å². The Morgan fingerprint density at radius 1 is 0.750 bits per heavy atom. The molecule has 1 heterocycles. The highest BCUT2D eigenvalue weighted by molar-refractivity contribution is 6.03. The first-order valence-corrected chi connectivity index (χ1v) is 8.59. The fourth-order valence-electron chi connectivity index (χ4n) is 3.86. The lowest BCUT2D eigenvalue weighted by Gasteiger charge is -2.13. The second-order valence-corrected chi connectivity index (χ2v) is 6.95. The summed E-state index contributed by atoms with van der Waals surface area (Å²) in [7, 11) is 0. The van der Waals surface area contributed by atoms with E-state index in [-0.39, 0.29) is 0 Å². The van der Waals surface area contributed by atoms with Gasteiger partial charge in [-0.05, 0) is 87.9 Å². The number of aryl methyl sites for hydroxylation is 6. The van der Waals surface area contributed by atoms with Crippen molar-refractivity contribution in [1.82, 2.24) is 0 Å². The highest BCUT2D eigenvalue weighted by atomic mass is 16.3. The summed E-state index contributed by atoms with van der Waals surface area (Å²) >= 11 is 0. The van der Waals surface area contributed by atoms with E-state index in [2.05, 4.69) is 71.9 Å². The van der Waals surface area contributed by atoms with E-state index in [1.54, 1.807) is 0 Å². The Kier molecular flexibility index (Phi) is 4.13. The molecule has 0 fully saturated rings. The summed E-state index contributed by atoms with van der Waals surface area (Å²) in [6, 6.07) is 6.79. The van der Waals surface area contributed by atoms with Crippen molar-refractivity contribution >= 4 is 17.0 Å². The van der Waals surface area contributed by atoms with E-state index in [1.807, 2.05) is 6.92 Å². The Balaban J connectivity index is 2.52. The third-order valence-corrected chi connectivity index (χ3v) is 4.94. The Labute approximate surface area is 145 Å². The fraction of sp³-hybridized carbons (Fsp3) is 0.304. The zero-order valence-electron chi connectivity index (χ0n) is 15.8. The molecule has 1 nitrogen and oxygen atoms in total. The minimum atomic E-state index is 0.958. The number of furan rings is 1. The van der Waals surface area contributed by atoms with Crippen LogP contribution in [0.1, 0.15) is 46.1 Å². The molecule has 1 aromatic heterocycles. The number of hydrogen-bond acceptors (Lipinski definition) is 1. The maximum atomic E-state index is 6.34. The van der Waals surface area contributed by atoms with Crippen LogP contribution >= 0.6 is 0 Å². The number of rotatable bonds is 2. The van der Waals surface area contributed by atoms with Crippen LogP contribution in [0.25, 0.3) is 28.2 Å². The van der Waals surface area contributed by atoms with Gasteiger partial charge in [-0.2, -0.15) is 0 Å². The van der Waals surface area contributed by atoms with Gasteiger partial charge in [-0.3, -0.25) is 0 Å². The molecule has 0 aliphatic heterocycles. The van der Waals surface area contributed by atoms with Gasteiger partial charge in [0.2, 0.25) is 0 Å². The Hall–Kier alpha value is -2.28. The maximum Gasteiger partial charge on any atom is 0.138 e. The van der Waals surface area contributed by atoms with Crippen LogP contribution in [0.4, 0.5) is 0 Å². The van der Waals surface area contributed by atoms with Crippen molar-refractivity contribution in [3.05, 3.63) is 63.4 Å². The highest BCUT2D eigenvalue weighted by Crippen LogP contribution is 2.42. The predicted octanol–water partition coefficient (Wildman–Crippen LogP) is 6.98. The summed E-state index contributed by atoms with van der Waals surface area (Å²) in [4.78, 5) is 0. The van der Waals surface area contributed by atoms with Gasteiger partial charge in [-0.15, -0.1) is 0 Å². The third kappa shape index (κ3) is 2.49. The molecule has 0 spiro atoms. The van der Waals surface area contributed by atoms with Crippen molar-refractivity contribution in [2.45, 2.75) is 48.5 Å². The molecular weight excluding hydrogens is 292 g/mol. The number of hydrogen-bond donors (Lipinski definition) is 0. The monoisotopic (exact) mass is 318 g/mol. The van der Waals surface area contributed by atoms with Crippen molar-refractivity contribution in [1.29, 1.82) is 0 Å². The second kappa shape index (κ2) is 5.98. The largest absolute Gasteiger partial charge is 0.456 e. The van der Waals surface area contributed by atoms with Crippen molar-refractivity contribution in [2.75, 3.05) is 0 Å². The van der Waals surface area contributed by atoms with E-state index in [9.17, 15) is 0 Å². The van der Waals surface area contributed by atoms with E-state index in [1.165, 1.54) is 49.9 Å². The van der Waals surface area contributed by atoms with E-state index in [4.69, 9.17) is 4.42 Å². The molecule has 3 aromatic rings. The van der Waals surface area contributed by atoms with Crippen LogP contribution in [0.2, 0.25) is 0 Å². The molecular formula is C23H26O. The number of fused-ring (bicyclic) bond motifs is 1. The van der Waals surface area contributed by atoms with E-state index in [0.717, 1.165) is 11.3 Å². The quantitative estimate of drug-likeness (QED) is 0.496. The van der Waals surface area contributed by atoms with Gasteiger partial charge in [-0.25, -0.2) is 0 Å². The summed E-state index contributed by atoms with van der Waals surface area (Å²) in [5.74, 6) is 0.958. The van der Waals surface area contributed by atoms with Crippen LogP contribution < -0.4 is 0 Å². The van der Waals surface area contributed by atoms with Gasteiger partial charge in [0, 0.05) is 10.9 Å². The van der Waals surface area contributed by atoms with Gasteiger partial charge in [-0.1, -0.05) is 29.8 Å². The second-order valence-electron chi connectivity index (χ2n) is 6.95. The Bertz CT molecular complexity index is 945. The summed E-state index contributed by atoms with van der Waals surface area (Å²) in [6.45, 7) is 15.1. The van der Waals surface area contributed by atoms with Crippen LogP contribution in [0.5, 0.6) is 0 Å². The van der Waals surface area contributed by atoms with Crippen molar-refractivity contribution < 1.29 is 4.42 Å². The molecule has 0 amide bonds. The minimum absolute atomic E-state index is 0.958. The maximum absolute atomic E-state index is 6.34. The van der Waals surface area contributed by atoms with Crippen LogP contribution in [0, 0.1) is 41.5 Å². The highest BCUT2D eigenvalue weighted by Gasteiger charge is 2.21. The lowest BCUT2D eigenvalue weighted by atomic mass is 9.89. The fourth-order valence-corrected chi connectivity index (χ4v) is 3.86.